The molecule has 0 aliphatic heterocycles. The van der Waals surface area contributed by atoms with Gasteiger partial charge < -0.3 is 5.32 Å². The zero-order chi connectivity index (χ0) is 11.8. The fourth-order valence-corrected chi connectivity index (χ4v) is 3.25. The van der Waals surface area contributed by atoms with Crippen LogP contribution in [0.4, 0.5) is 0 Å². The van der Waals surface area contributed by atoms with Gasteiger partial charge in [-0.3, -0.25) is 0 Å². The van der Waals surface area contributed by atoms with Gasteiger partial charge in [0.05, 0.1) is 0 Å². The number of unbranched alkanes of at least 4 members (excludes halogenated alkanes) is 1. The summed E-state index contributed by atoms with van der Waals surface area (Å²) in [4.78, 5) is 0. The molecule has 0 aromatic carbocycles. The SMILES string of the molecule is CCCCC(CC)CC(NC)C1CCCC1. The van der Waals surface area contributed by atoms with Crippen LogP contribution in [0, 0.1) is 11.8 Å². The molecule has 1 heteroatoms. The van der Waals surface area contributed by atoms with Gasteiger partial charge in [0.25, 0.3) is 0 Å². The maximum Gasteiger partial charge on any atom is 0.00949 e. The Morgan fingerprint density at radius 2 is 1.88 bits per heavy atom. The van der Waals surface area contributed by atoms with E-state index in [0.717, 1.165) is 17.9 Å². The van der Waals surface area contributed by atoms with Gasteiger partial charge in [-0.15, -0.1) is 0 Å². The number of nitrogens with one attached hydrogen (secondary N) is 1. The van der Waals surface area contributed by atoms with Crippen molar-refractivity contribution in [3.63, 3.8) is 0 Å². The van der Waals surface area contributed by atoms with Gasteiger partial charge >= 0.3 is 0 Å². The topological polar surface area (TPSA) is 12.0 Å². The van der Waals surface area contributed by atoms with Crippen molar-refractivity contribution in [3.05, 3.63) is 0 Å². The lowest BCUT2D eigenvalue weighted by Crippen LogP contribution is -2.34. The zero-order valence-electron chi connectivity index (χ0n) is 11.6. The van der Waals surface area contributed by atoms with E-state index < -0.39 is 0 Å². The van der Waals surface area contributed by atoms with E-state index in [2.05, 4.69) is 26.2 Å². The third kappa shape index (κ3) is 4.45. The Hall–Kier alpha value is -0.0400. The van der Waals surface area contributed by atoms with Gasteiger partial charge in [-0.1, -0.05) is 52.4 Å². The molecule has 1 saturated carbocycles. The maximum absolute atomic E-state index is 3.59. The van der Waals surface area contributed by atoms with Crippen molar-refractivity contribution in [2.75, 3.05) is 7.05 Å². The van der Waals surface area contributed by atoms with Crippen LogP contribution < -0.4 is 5.32 Å². The first-order chi connectivity index (χ1) is 7.81. The summed E-state index contributed by atoms with van der Waals surface area (Å²) in [5, 5.41) is 3.59. The first-order valence-corrected chi connectivity index (χ1v) is 7.49. The van der Waals surface area contributed by atoms with Crippen molar-refractivity contribution in [3.8, 4) is 0 Å². The van der Waals surface area contributed by atoms with Gasteiger partial charge in [-0.05, 0) is 38.1 Å². The molecule has 2 unspecified atom stereocenters. The van der Waals surface area contributed by atoms with Crippen LogP contribution in [0.3, 0.4) is 0 Å². The first kappa shape index (κ1) is 14.0. The Morgan fingerprint density at radius 3 is 2.38 bits per heavy atom. The van der Waals surface area contributed by atoms with E-state index in [1.54, 1.807) is 0 Å². The molecule has 1 aliphatic rings. The van der Waals surface area contributed by atoms with E-state index in [-0.39, 0.29) is 0 Å². The summed E-state index contributed by atoms with van der Waals surface area (Å²) in [5.41, 5.74) is 0. The minimum absolute atomic E-state index is 0.796. The highest BCUT2D eigenvalue weighted by atomic mass is 14.9. The average molecular weight is 225 g/mol. The standard InChI is InChI=1S/C15H31N/c1-4-6-9-13(5-2)12-15(16-3)14-10-7-8-11-14/h13-16H,4-12H2,1-3H3. The van der Waals surface area contributed by atoms with Crippen molar-refractivity contribution in [1.82, 2.24) is 5.32 Å². The van der Waals surface area contributed by atoms with Gasteiger partial charge in [0.1, 0.15) is 0 Å². The fraction of sp³-hybridized carbons (Fsp3) is 1.00. The van der Waals surface area contributed by atoms with Crippen LogP contribution in [0.2, 0.25) is 0 Å². The van der Waals surface area contributed by atoms with E-state index in [9.17, 15) is 0 Å². The van der Waals surface area contributed by atoms with Crippen molar-refractivity contribution in [2.24, 2.45) is 11.8 Å². The third-order valence-corrected chi connectivity index (χ3v) is 4.47. The highest BCUT2D eigenvalue weighted by Crippen LogP contribution is 2.31. The molecule has 1 N–H and O–H groups in total. The van der Waals surface area contributed by atoms with E-state index in [4.69, 9.17) is 0 Å². The largest absolute Gasteiger partial charge is 0.317 e. The number of hydrogen-bond donors (Lipinski definition) is 1. The molecule has 1 aliphatic carbocycles. The van der Waals surface area contributed by atoms with E-state index in [1.807, 2.05) is 0 Å². The molecule has 0 heterocycles. The molecule has 0 aromatic rings. The van der Waals surface area contributed by atoms with Crippen LogP contribution in [-0.2, 0) is 0 Å². The Bertz CT molecular complexity index is 161. The lowest BCUT2D eigenvalue weighted by Gasteiger charge is -2.27. The second-order valence-corrected chi connectivity index (χ2v) is 5.59. The second-order valence-electron chi connectivity index (χ2n) is 5.59. The first-order valence-electron chi connectivity index (χ1n) is 7.49. The number of hydrogen-bond acceptors (Lipinski definition) is 1. The Kier molecular flexibility index (Phi) is 7.11. The molecule has 0 aromatic heterocycles. The van der Waals surface area contributed by atoms with Crippen LogP contribution in [0.5, 0.6) is 0 Å². The maximum atomic E-state index is 3.59. The summed E-state index contributed by atoms with van der Waals surface area (Å²) in [7, 11) is 2.16. The minimum Gasteiger partial charge on any atom is -0.317 e. The predicted molar refractivity (Wildman–Crippen MR) is 72.7 cm³/mol. The van der Waals surface area contributed by atoms with Crippen molar-refractivity contribution < 1.29 is 0 Å². The Labute approximate surface area is 102 Å². The minimum atomic E-state index is 0.796. The van der Waals surface area contributed by atoms with E-state index in [0.29, 0.717) is 0 Å². The van der Waals surface area contributed by atoms with Crippen molar-refractivity contribution >= 4 is 0 Å². The molecule has 0 amide bonds. The van der Waals surface area contributed by atoms with Crippen molar-refractivity contribution in [1.29, 1.82) is 0 Å². The Balaban J connectivity index is 2.33. The monoisotopic (exact) mass is 225 g/mol. The molecule has 16 heavy (non-hydrogen) atoms. The molecule has 1 rings (SSSR count). The molecule has 0 bridgehead atoms. The zero-order valence-corrected chi connectivity index (χ0v) is 11.6. The molecule has 0 radical (unpaired) electrons. The number of rotatable bonds is 8. The molecule has 96 valence electrons. The van der Waals surface area contributed by atoms with Crippen LogP contribution in [0.15, 0.2) is 0 Å². The summed E-state index contributed by atoms with van der Waals surface area (Å²) in [6.45, 7) is 4.67. The molecule has 0 spiro atoms. The van der Waals surface area contributed by atoms with Crippen LogP contribution in [0.1, 0.15) is 71.6 Å². The molecule has 2 atom stereocenters. The normalized spacial score (nSPS) is 21.2. The van der Waals surface area contributed by atoms with E-state index >= 15 is 0 Å². The third-order valence-electron chi connectivity index (χ3n) is 4.47. The smallest absolute Gasteiger partial charge is 0.00949 e. The summed E-state index contributed by atoms with van der Waals surface area (Å²) in [6.07, 6.45) is 12.9. The van der Waals surface area contributed by atoms with Crippen LogP contribution >= 0.6 is 0 Å². The summed E-state index contributed by atoms with van der Waals surface area (Å²) in [5.74, 6) is 1.93. The molecule has 1 fully saturated rings. The van der Waals surface area contributed by atoms with Gasteiger partial charge in [0.15, 0.2) is 0 Å². The second kappa shape index (κ2) is 8.11. The summed E-state index contributed by atoms with van der Waals surface area (Å²) >= 11 is 0. The van der Waals surface area contributed by atoms with Crippen LogP contribution in [-0.4, -0.2) is 13.1 Å². The quantitative estimate of drug-likeness (QED) is 0.647. The van der Waals surface area contributed by atoms with Gasteiger partial charge in [0.2, 0.25) is 0 Å². The van der Waals surface area contributed by atoms with Gasteiger partial charge in [-0.25, -0.2) is 0 Å². The summed E-state index contributed by atoms with van der Waals surface area (Å²) in [6, 6.07) is 0.796. The lowest BCUT2D eigenvalue weighted by atomic mass is 9.86. The van der Waals surface area contributed by atoms with Gasteiger partial charge in [0, 0.05) is 6.04 Å². The molecule has 1 nitrogen and oxygen atoms in total. The van der Waals surface area contributed by atoms with Crippen LogP contribution in [0.25, 0.3) is 0 Å². The fourth-order valence-electron chi connectivity index (χ4n) is 3.25. The molecule has 0 saturated heterocycles. The summed E-state index contributed by atoms with van der Waals surface area (Å²) < 4.78 is 0. The predicted octanol–water partition coefficient (Wildman–Crippen LogP) is 4.37. The van der Waals surface area contributed by atoms with Gasteiger partial charge in [-0.2, -0.15) is 0 Å². The highest BCUT2D eigenvalue weighted by molar-refractivity contribution is 4.81. The molecular formula is C15H31N. The molecular weight excluding hydrogens is 194 g/mol. The van der Waals surface area contributed by atoms with E-state index in [1.165, 1.54) is 57.8 Å². The van der Waals surface area contributed by atoms with Crippen molar-refractivity contribution in [2.45, 2.75) is 77.7 Å². The lowest BCUT2D eigenvalue weighted by molar-refractivity contribution is 0.289. The Morgan fingerprint density at radius 1 is 1.19 bits per heavy atom. The average Bonchev–Trinajstić information content (AvgIpc) is 2.83. The highest BCUT2D eigenvalue weighted by Gasteiger charge is 2.25.